The third-order valence-electron chi connectivity index (χ3n) is 4.67. The summed E-state index contributed by atoms with van der Waals surface area (Å²) in [4.78, 5) is 12.3. The molecule has 0 spiro atoms. The standard InChI is InChI=1S/C21H20O3/c1-14-6-8-15(9-7-14)19-13-16-12-18(23-17-4-2-3-5-17)10-11-20(16)24-21(19)22/h6-13,17H,2-5H2,1H3. The molecule has 0 aliphatic heterocycles. The van der Waals surface area contributed by atoms with Gasteiger partial charge in [0.2, 0.25) is 0 Å². The third kappa shape index (κ3) is 2.94. The van der Waals surface area contributed by atoms with Gasteiger partial charge in [-0.05, 0) is 62.4 Å². The lowest BCUT2D eigenvalue weighted by Gasteiger charge is -2.13. The van der Waals surface area contributed by atoms with Crippen molar-refractivity contribution in [3.8, 4) is 16.9 Å². The summed E-state index contributed by atoms with van der Waals surface area (Å²) < 4.78 is 11.5. The highest BCUT2D eigenvalue weighted by molar-refractivity contribution is 5.82. The molecule has 0 N–H and O–H groups in total. The summed E-state index contributed by atoms with van der Waals surface area (Å²) in [6.07, 6.45) is 5.04. The van der Waals surface area contributed by atoms with E-state index in [1.54, 1.807) is 0 Å². The average molecular weight is 320 g/mol. The van der Waals surface area contributed by atoms with Crippen molar-refractivity contribution in [2.45, 2.75) is 38.7 Å². The highest BCUT2D eigenvalue weighted by Crippen LogP contribution is 2.28. The highest BCUT2D eigenvalue weighted by atomic mass is 16.5. The number of hydrogen-bond donors (Lipinski definition) is 0. The molecule has 0 bridgehead atoms. The Morgan fingerprint density at radius 2 is 1.75 bits per heavy atom. The Morgan fingerprint density at radius 3 is 2.50 bits per heavy atom. The lowest BCUT2D eigenvalue weighted by atomic mass is 10.0. The molecule has 3 aromatic rings. The fraction of sp³-hybridized carbons (Fsp3) is 0.286. The fourth-order valence-electron chi connectivity index (χ4n) is 3.31. The van der Waals surface area contributed by atoms with Gasteiger partial charge in [0.1, 0.15) is 11.3 Å². The molecule has 1 aromatic heterocycles. The summed E-state index contributed by atoms with van der Waals surface area (Å²) in [5.74, 6) is 0.845. The minimum Gasteiger partial charge on any atom is -0.490 e. The maximum Gasteiger partial charge on any atom is 0.344 e. The first kappa shape index (κ1) is 15.0. The van der Waals surface area contributed by atoms with Crippen molar-refractivity contribution in [2.75, 3.05) is 0 Å². The first-order chi connectivity index (χ1) is 11.7. The topological polar surface area (TPSA) is 39.4 Å². The van der Waals surface area contributed by atoms with Crippen molar-refractivity contribution in [3.63, 3.8) is 0 Å². The van der Waals surface area contributed by atoms with E-state index in [1.807, 2.05) is 55.5 Å². The lowest BCUT2D eigenvalue weighted by molar-refractivity contribution is 0.210. The predicted octanol–water partition coefficient (Wildman–Crippen LogP) is 5.09. The lowest BCUT2D eigenvalue weighted by Crippen LogP contribution is -2.10. The molecule has 1 aliphatic rings. The molecule has 3 heteroatoms. The van der Waals surface area contributed by atoms with Crippen molar-refractivity contribution in [1.82, 2.24) is 0 Å². The van der Waals surface area contributed by atoms with Crippen LogP contribution in [0.1, 0.15) is 31.2 Å². The molecule has 122 valence electrons. The van der Waals surface area contributed by atoms with Crippen LogP contribution in [0, 0.1) is 6.92 Å². The van der Waals surface area contributed by atoms with Crippen LogP contribution in [-0.4, -0.2) is 6.10 Å². The largest absolute Gasteiger partial charge is 0.490 e. The second-order valence-corrected chi connectivity index (χ2v) is 6.54. The first-order valence-electron chi connectivity index (χ1n) is 8.51. The predicted molar refractivity (Wildman–Crippen MR) is 95.5 cm³/mol. The van der Waals surface area contributed by atoms with E-state index < -0.39 is 0 Å². The number of rotatable bonds is 3. The van der Waals surface area contributed by atoms with Crippen molar-refractivity contribution >= 4 is 11.0 Å². The summed E-state index contributed by atoms with van der Waals surface area (Å²) in [5.41, 5.74) is 2.90. The molecule has 0 amide bonds. The molecule has 1 fully saturated rings. The van der Waals surface area contributed by atoms with Gasteiger partial charge in [-0.25, -0.2) is 4.79 Å². The molecule has 3 nitrogen and oxygen atoms in total. The number of ether oxygens (including phenoxy) is 1. The molecular weight excluding hydrogens is 300 g/mol. The van der Waals surface area contributed by atoms with Crippen molar-refractivity contribution < 1.29 is 9.15 Å². The van der Waals surface area contributed by atoms with Crippen molar-refractivity contribution in [1.29, 1.82) is 0 Å². The molecule has 1 heterocycles. The average Bonchev–Trinajstić information content (AvgIpc) is 3.08. The van der Waals surface area contributed by atoms with Gasteiger partial charge in [-0.15, -0.1) is 0 Å². The van der Waals surface area contributed by atoms with Gasteiger partial charge in [-0.3, -0.25) is 0 Å². The summed E-state index contributed by atoms with van der Waals surface area (Å²) in [6, 6.07) is 15.5. The number of aryl methyl sites for hydroxylation is 1. The Morgan fingerprint density at radius 1 is 1.00 bits per heavy atom. The van der Waals surface area contributed by atoms with Gasteiger partial charge in [0.15, 0.2) is 0 Å². The smallest absolute Gasteiger partial charge is 0.344 e. The molecule has 0 saturated heterocycles. The van der Waals surface area contributed by atoms with Gasteiger partial charge in [-0.1, -0.05) is 29.8 Å². The van der Waals surface area contributed by atoms with E-state index in [0.29, 0.717) is 17.3 Å². The molecule has 0 atom stereocenters. The number of hydrogen-bond acceptors (Lipinski definition) is 3. The van der Waals surface area contributed by atoms with Crippen molar-refractivity contribution in [3.05, 3.63) is 64.5 Å². The van der Waals surface area contributed by atoms with Crippen molar-refractivity contribution in [2.24, 2.45) is 0 Å². The second-order valence-electron chi connectivity index (χ2n) is 6.54. The molecule has 1 saturated carbocycles. The minimum absolute atomic E-state index is 0.309. The van der Waals surface area contributed by atoms with E-state index in [0.717, 1.165) is 35.1 Å². The molecule has 0 radical (unpaired) electrons. The molecule has 0 unspecified atom stereocenters. The highest BCUT2D eigenvalue weighted by Gasteiger charge is 2.17. The van der Waals surface area contributed by atoms with Gasteiger partial charge in [0.25, 0.3) is 0 Å². The monoisotopic (exact) mass is 320 g/mol. The Bertz CT molecular complexity index is 916. The number of benzene rings is 2. The van der Waals surface area contributed by atoms with E-state index in [2.05, 4.69) is 0 Å². The Kier molecular flexibility index (Phi) is 3.85. The zero-order valence-electron chi connectivity index (χ0n) is 13.7. The number of fused-ring (bicyclic) bond motifs is 1. The quantitative estimate of drug-likeness (QED) is 0.631. The van der Waals surface area contributed by atoms with Crippen LogP contribution in [0.2, 0.25) is 0 Å². The normalized spacial score (nSPS) is 15.0. The van der Waals surface area contributed by atoms with Crippen LogP contribution in [0.3, 0.4) is 0 Å². The Labute approximate surface area is 140 Å². The van der Waals surface area contributed by atoms with Gasteiger partial charge < -0.3 is 9.15 Å². The van der Waals surface area contributed by atoms with Crippen LogP contribution < -0.4 is 10.4 Å². The summed E-state index contributed by atoms with van der Waals surface area (Å²) in [6.45, 7) is 2.03. The molecular formula is C21H20O3. The van der Waals surface area contributed by atoms with Crippen LogP contribution in [0.5, 0.6) is 5.75 Å². The molecule has 2 aromatic carbocycles. The maximum atomic E-state index is 12.3. The summed E-state index contributed by atoms with van der Waals surface area (Å²) >= 11 is 0. The summed E-state index contributed by atoms with van der Waals surface area (Å²) in [7, 11) is 0. The third-order valence-corrected chi connectivity index (χ3v) is 4.67. The molecule has 24 heavy (non-hydrogen) atoms. The van der Waals surface area contributed by atoms with Gasteiger partial charge in [0, 0.05) is 5.39 Å². The van der Waals surface area contributed by atoms with E-state index in [4.69, 9.17) is 9.15 Å². The van der Waals surface area contributed by atoms with E-state index >= 15 is 0 Å². The minimum atomic E-state index is -0.309. The van der Waals surface area contributed by atoms with Gasteiger partial charge in [-0.2, -0.15) is 0 Å². The second kappa shape index (κ2) is 6.16. The summed E-state index contributed by atoms with van der Waals surface area (Å²) in [5, 5.41) is 0.890. The van der Waals surface area contributed by atoms with Crippen LogP contribution in [0.25, 0.3) is 22.1 Å². The zero-order valence-corrected chi connectivity index (χ0v) is 13.7. The SMILES string of the molecule is Cc1ccc(-c2cc3cc(OC4CCCC4)ccc3oc2=O)cc1. The fourth-order valence-corrected chi connectivity index (χ4v) is 3.31. The Balaban J connectivity index is 1.73. The van der Waals surface area contributed by atoms with Crippen LogP contribution in [0.4, 0.5) is 0 Å². The maximum absolute atomic E-state index is 12.3. The van der Waals surface area contributed by atoms with Gasteiger partial charge >= 0.3 is 5.63 Å². The van der Waals surface area contributed by atoms with E-state index in [-0.39, 0.29) is 5.63 Å². The van der Waals surface area contributed by atoms with Crippen LogP contribution in [0.15, 0.2) is 57.7 Å². The van der Waals surface area contributed by atoms with E-state index in [1.165, 1.54) is 12.8 Å². The molecule has 1 aliphatic carbocycles. The van der Waals surface area contributed by atoms with E-state index in [9.17, 15) is 4.79 Å². The van der Waals surface area contributed by atoms with Crippen LogP contribution >= 0.6 is 0 Å². The van der Waals surface area contributed by atoms with Gasteiger partial charge in [0.05, 0.1) is 11.7 Å². The Hall–Kier alpha value is -2.55. The first-order valence-corrected chi connectivity index (χ1v) is 8.51. The zero-order chi connectivity index (χ0) is 16.5. The van der Waals surface area contributed by atoms with Crippen LogP contribution in [-0.2, 0) is 0 Å². The molecule has 4 rings (SSSR count).